The quantitative estimate of drug-likeness (QED) is 0.645. The molecule has 1 aromatic carbocycles. The lowest BCUT2D eigenvalue weighted by atomic mass is 10.1. The summed E-state index contributed by atoms with van der Waals surface area (Å²) in [6.45, 7) is 0. The molecular weight excluding hydrogens is 290 g/mol. The maximum Gasteiger partial charge on any atom is 0.268 e. The lowest BCUT2D eigenvalue weighted by Crippen LogP contribution is -2.14. The minimum Gasteiger partial charge on any atom is -0.504 e. The summed E-state index contributed by atoms with van der Waals surface area (Å²) in [7, 11) is 0. The molecule has 0 spiro atoms. The van der Waals surface area contributed by atoms with Gasteiger partial charge in [0.15, 0.2) is 16.5 Å². The Balaban J connectivity index is 2.07. The van der Waals surface area contributed by atoms with Gasteiger partial charge in [0.1, 0.15) is 5.69 Å². The highest BCUT2D eigenvalue weighted by molar-refractivity contribution is 7.15. The highest BCUT2D eigenvalue weighted by atomic mass is 32.1. The molecule has 0 saturated carbocycles. The van der Waals surface area contributed by atoms with Crippen molar-refractivity contribution < 1.29 is 15.0 Å². The SMILES string of the molecule is NC(=O)c1c(/C=C/c2cccc(O)c2O)nc2sccn12. The molecule has 0 radical (unpaired) electrons. The topological polar surface area (TPSA) is 101 Å². The van der Waals surface area contributed by atoms with Crippen LogP contribution in [0.3, 0.4) is 0 Å². The monoisotopic (exact) mass is 301 g/mol. The van der Waals surface area contributed by atoms with Gasteiger partial charge in [-0.05, 0) is 18.2 Å². The van der Waals surface area contributed by atoms with Crippen LogP contribution in [0.2, 0.25) is 0 Å². The van der Waals surface area contributed by atoms with Crippen LogP contribution in [0.4, 0.5) is 0 Å². The maximum absolute atomic E-state index is 11.6. The Bertz CT molecular complexity index is 864. The maximum atomic E-state index is 11.6. The van der Waals surface area contributed by atoms with Gasteiger partial charge in [-0.1, -0.05) is 12.1 Å². The van der Waals surface area contributed by atoms with E-state index in [-0.39, 0.29) is 17.2 Å². The predicted molar refractivity (Wildman–Crippen MR) is 80.3 cm³/mol. The Labute approximate surface area is 123 Å². The summed E-state index contributed by atoms with van der Waals surface area (Å²) in [5, 5.41) is 21.0. The summed E-state index contributed by atoms with van der Waals surface area (Å²) in [5.74, 6) is -1.02. The van der Waals surface area contributed by atoms with Gasteiger partial charge in [0.05, 0.1) is 5.69 Å². The summed E-state index contributed by atoms with van der Waals surface area (Å²) in [6.07, 6.45) is 4.86. The van der Waals surface area contributed by atoms with Gasteiger partial charge in [0.25, 0.3) is 5.91 Å². The van der Waals surface area contributed by atoms with Crippen LogP contribution < -0.4 is 5.73 Å². The molecular formula is C14H11N3O3S. The molecule has 1 amide bonds. The first-order valence-electron chi connectivity index (χ1n) is 6.02. The highest BCUT2D eigenvalue weighted by Crippen LogP contribution is 2.29. The molecule has 2 aromatic heterocycles. The van der Waals surface area contributed by atoms with Crippen molar-refractivity contribution >= 4 is 34.4 Å². The summed E-state index contributed by atoms with van der Waals surface area (Å²) < 4.78 is 1.62. The summed E-state index contributed by atoms with van der Waals surface area (Å²) in [4.78, 5) is 16.5. The first-order chi connectivity index (χ1) is 10.1. The lowest BCUT2D eigenvalue weighted by molar-refractivity contribution is 0.0994. The van der Waals surface area contributed by atoms with E-state index in [1.165, 1.54) is 17.4 Å². The fourth-order valence-corrected chi connectivity index (χ4v) is 2.74. The number of phenolic OH excluding ortho intramolecular Hbond substituents is 2. The highest BCUT2D eigenvalue weighted by Gasteiger charge is 2.15. The molecule has 0 bridgehead atoms. The second-order valence-corrected chi connectivity index (χ2v) is 5.19. The second-order valence-electron chi connectivity index (χ2n) is 4.31. The second kappa shape index (κ2) is 4.95. The number of primary amides is 1. The number of benzene rings is 1. The van der Waals surface area contributed by atoms with Crippen LogP contribution >= 0.6 is 11.3 Å². The van der Waals surface area contributed by atoms with Crippen molar-refractivity contribution in [3.8, 4) is 11.5 Å². The van der Waals surface area contributed by atoms with E-state index in [9.17, 15) is 15.0 Å². The number of hydrogen-bond acceptors (Lipinski definition) is 5. The number of fused-ring (bicyclic) bond motifs is 1. The number of aromatic hydroxyl groups is 2. The van der Waals surface area contributed by atoms with Gasteiger partial charge in [-0.3, -0.25) is 9.20 Å². The number of para-hydroxylation sites is 1. The molecule has 6 nitrogen and oxygen atoms in total. The van der Waals surface area contributed by atoms with E-state index in [2.05, 4.69) is 4.98 Å². The number of phenols is 2. The van der Waals surface area contributed by atoms with Crippen molar-refractivity contribution in [2.24, 2.45) is 5.73 Å². The van der Waals surface area contributed by atoms with Gasteiger partial charge in [-0.25, -0.2) is 4.98 Å². The summed E-state index contributed by atoms with van der Waals surface area (Å²) >= 11 is 1.39. The molecule has 0 aliphatic rings. The largest absolute Gasteiger partial charge is 0.504 e. The number of aromatic nitrogens is 2. The number of nitrogens with two attached hydrogens (primary N) is 1. The molecule has 0 fully saturated rings. The van der Waals surface area contributed by atoms with Crippen molar-refractivity contribution in [1.29, 1.82) is 0 Å². The number of rotatable bonds is 3. The average molecular weight is 301 g/mol. The number of amides is 1. The standard InChI is InChI=1S/C14H11N3O3S/c15-13(20)11-9(16-14-17(11)6-7-21-14)5-4-8-2-1-3-10(18)12(8)19/h1-7,18-19H,(H2,15,20)/b5-4+. The zero-order valence-electron chi connectivity index (χ0n) is 10.7. The van der Waals surface area contributed by atoms with Gasteiger partial charge in [0, 0.05) is 17.1 Å². The van der Waals surface area contributed by atoms with E-state index in [1.807, 2.05) is 5.38 Å². The fraction of sp³-hybridized carbons (Fsp3) is 0. The van der Waals surface area contributed by atoms with Crippen LogP contribution in [0.5, 0.6) is 11.5 Å². The number of hydrogen-bond donors (Lipinski definition) is 3. The van der Waals surface area contributed by atoms with E-state index in [0.717, 1.165) is 0 Å². The van der Waals surface area contributed by atoms with Gasteiger partial charge < -0.3 is 15.9 Å². The Morgan fingerprint density at radius 2 is 2.14 bits per heavy atom. The van der Waals surface area contributed by atoms with Gasteiger partial charge >= 0.3 is 0 Å². The minimum atomic E-state index is -0.583. The van der Waals surface area contributed by atoms with E-state index >= 15 is 0 Å². The normalized spacial score (nSPS) is 11.4. The van der Waals surface area contributed by atoms with E-state index in [0.29, 0.717) is 16.2 Å². The average Bonchev–Trinajstić information content (AvgIpc) is 3.00. The molecule has 4 N–H and O–H groups in total. The molecule has 0 aliphatic carbocycles. The molecule has 0 atom stereocenters. The van der Waals surface area contributed by atoms with Crippen LogP contribution in [0.25, 0.3) is 17.1 Å². The Hall–Kier alpha value is -2.80. The van der Waals surface area contributed by atoms with Crippen molar-refractivity contribution in [1.82, 2.24) is 9.38 Å². The summed E-state index contributed by atoms with van der Waals surface area (Å²) in [6, 6.07) is 4.62. The van der Waals surface area contributed by atoms with Crippen molar-refractivity contribution in [3.63, 3.8) is 0 Å². The third-order valence-corrected chi connectivity index (χ3v) is 3.75. The molecule has 106 valence electrons. The van der Waals surface area contributed by atoms with Crippen molar-refractivity contribution in [3.05, 3.63) is 46.7 Å². The first-order valence-corrected chi connectivity index (χ1v) is 6.90. The van der Waals surface area contributed by atoms with E-state index < -0.39 is 5.91 Å². The first kappa shape index (κ1) is 13.2. The number of carbonyl (C=O) groups is 1. The Morgan fingerprint density at radius 3 is 2.90 bits per heavy atom. The third kappa shape index (κ3) is 2.23. The Morgan fingerprint density at radius 1 is 1.33 bits per heavy atom. The fourth-order valence-electron chi connectivity index (χ4n) is 2.02. The van der Waals surface area contributed by atoms with E-state index in [1.54, 1.807) is 34.9 Å². The zero-order valence-corrected chi connectivity index (χ0v) is 11.5. The molecule has 0 saturated heterocycles. The molecule has 2 heterocycles. The van der Waals surface area contributed by atoms with Gasteiger partial charge in [-0.2, -0.15) is 0 Å². The van der Waals surface area contributed by atoms with Crippen LogP contribution in [0.1, 0.15) is 21.7 Å². The van der Waals surface area contributed by atoms with Crippen molar-refractivity contribution in [2.45, 2.75) is 0 Å². The van der Waals surface area contributed by atoms with Crippen molar-refractivity contribution in [2.75, 3.05) is 0 Å². The molecule has 0 aliphatic heterocycles. The number of thiazole rings is 1. The smallest absolute Gasteiger partial charge is 0.268 e. The predicted octanol–water partition coefficient (Wildman–Crippen LogP) is 2.08. The van der Waals surface area contributed by atoms with Crippen LogP contribution in [0.15, 0.2) is 29.8 Å². The number of carbonyl (C=O) groups excluding carboxylic acids is 1. The molecule has 3 rings (SSSR count). The van der Waals surface area contributed by atoms with Gasteiger partial charge in [-0.15, -0.1) is 11.3 Å². The van der Waals surface area contributed by atoms with Crippen LogP contribution in [-0.2, 0) is 0 Å². The van der Waals surface area contributed by atoms with Crippen LogP contribution in [-0.4, -0.2) is 25.5 Å². The molecule has 0 unspecified atom stereocenters. The Kier molecular flexibility index (Phi) is 3.11. The number of imidazole rings is 1. The minimum absolute atomic E-state index is 0.210. The number of nitrogens with zero attached hydrogens (tertiary/aromatic N) is 2. The zero-order chi connectivity index (χ0) is 15.0. The molecule has 7 heteroatoms. The molecule has 3 aromatic rings. The van der Waals surface area contributed by atoms with E-state index in [4.69, 9.17) is 5.73 Å². The van der Waals surface area contributed by atoms with Gasteiger partial charge in [0.2, 0.25) is 0 Å². The lowest BCUT2D eigenvalue weighted by Gasteiger charge is -2.00. The molecule has 21 heavy (non-hydrogen) atoms. The summed E-state index contributed by atoms with van der Waals surface area (Å²) in [5.41, 5.74) is 6.50. The van der Waals surface area contributed by atoms with Crippen LogP contribution in [0, 0.1) is 0 Å². The third-order valence-electron chi connectivity index (χ3n) is 2.99.